The SMILES string of the molecule is C=C(C)CN=C(NCCc1ccco1)N(C)Cc1ccsc1.I. The van der Waals surface area contributed by atoms with E-state index in [1.165, 1.54) is 5.56 Å². The van der Waals surface area contributed by atoms with Gasteiger partial charge in [-0.2, -0.15) is 11.3 Å². The van der Waals surface area contributed by atoms with E-state index in [4.69, 9.17) is 4.42 Å². The second-order valence-corrected chi connectivity index (χ2v) is 6.12. The van der Waals surface area contributed by atoms with Crippen LogP contribution < -0.4 is 5.32 Å². The Hall–Kier alpha value is -1.28. The molecule has 2 heterocycles. The molecule has 2 aromatic rings. The summed E-state index contributed by atoms with van der Waals surface area (Å²) in [4.78, 5) is 6.76. The summed E-state index contributed by atoms with van der Waals surface area (Å²) < 4.78 is 5.35. The normalized spacial score (nSPS) is 11.0. The predicted molar refractivity (Wildman–Crippen MR) is 109 cm³/mol. The predicted octanol–water partition coefficient (Wildman–Crippen LogP) is 4.16. The molecule has 0 saturated heterocycles. The Labute approximate surface area is 159 Å². The maximum atomic E-state index is 5.35. The molecule has 2 aromatic heterocycles. The van der Waals surface area contributed by atoms with Crippen molar-refractivity contribution in [3.63, 3.8) is 0 Å². The number of guanidine groups is 1. The van der Waals surface area contributed by atoms with Gasteiger partial charge in [0.1, 0.15) is 5.76 Å². The molecule has 0 spiro atoms. The zero-order valence-corrected chi connectivity index (χ0v) is 16.8. The Morgan fingerprint density at radius 3 is 2.87 bits per heavy atom. The van der Waals surface area contributed by atoms with Crippen LogP contribution >= 0.6 is 35.3 Å². The van der Waals surface area contributed by atoms with Crippen molar-refractivity contribution in [1.82, 2.24) is 10.2 Å². The van der Waals surface area contributed by atoms with Crippen LogP contribution in [-0.2, 0) is 13.0 Å². The van der Waals surface area contributed by atoms with Crippen LogP contribution in [0.25, 0.3) is 0 Å². The Morgan fingerprint density at radius 1 is 1.43 bits per heavy atom. The van der Waals surface area contributed by atoms with Crippen LogP contribution in [0.4, 0.5) is 0 Å². The molecular weight excluding hydrogens is 421 g/mol. The molecule has 1 N–H and O–H groups in total. The first kappa shape index (κ1) is 19.8. The van der Waals surface area contributed by atoms with Gasteiger partial charge >= 0.3 is 0 Å². The molecule has 0 atom stereocenters. The van der Waals surface area contributed by atoms with Crippen molar-refractivity contribution < 1.29 is 4.42 Å². The molecule has 2 rings (SSSR count). The molecule has 0 unspecified atom stereocenters. The van der Waals surface area contributed by atoms with Crippen molar-refractivity contribution in [3.8, 4) is 0 Å². The van der Waals surface area contributed by atoms with Crippen LogP contribution in [0.5, 0.6) is 0 Å². The van der Waals surface area contributed by atoms with Crippen LogP contribution in [0.2, 0.25) is 0 Å². The first-order chi connectivity index (χ1) is 10.6. The number of hydrogen-bond donors (Lipinski definition) is 1. The van der Waals surface area contributed by atoms with Gasteiger partial charge in [-0.1, -0.05) is 12.2 Å². The minimum Gasteiger partial charge on any atom is -0.469 e. The first-order valence-electron chi connectivity index (χ1n) is 7.32. The fourth-order valence-electron chi connectivity index (χ4n) is 2.01. The average Bonchev–Trinajstić information content (AvgIpc) is 3.15. The third-order valence-corrected chi connectivity index (χ3v) is 3.83. The van der Waals surface area contributed by atoms with Gasteiger partial charge in [-0.3, -0.25) is 0 Å². The molecule has 6 heteroatoms. The van der Waals surface area contributed by atoms with E-state index in [0.717, 1.165) is 36.8 Å². The number of hydrogen-bond acceptors (Lipinski definition) is 3. The van der Waals surface area contributed by atoms with Gasteiger partial charge in [-0.05, 0) is 41.4 Å². The molecule has 0 fully saturated rings. The van der Waals surface area contributed by atoms with E-state index in [1.54, 1.807) is 17.6 Å². The maximum absolute atomic E-state index is 5.35. The van der Waals surface area contributed by atoms with Crippen LogP contribution in [0.1, 0.15) is 18.2 Å². The van der Waals surface area contributed by atoms with Gasteiger partial charge < -0.3 is 14.6 Å². The third-order valence-electron chi connectivity index (χ3n) is 3.09. The van der Waals surface area contributed by atoms with Gasteiger partial charge in [0.15, 0.2) is 5.96 Å². The number of thiophene rings is 1. The van der Waals surface area contributed by atoms with E-state index in [2.05, 4.69) is 45.7 Å². The summed E-state index contributed by atoms with van der Waals surface area (Å²) in [5.74, 6) is 1.87. The number of aliphatic imine (C=N–C) groups is 1. The van der Waals surface area contributed by atoms with Crippen molar-refractivity contribution >= 4 is 41.3 Å². The molecule has 0 amide bonds. The lowest BCUT2D eigenvalue weighted by atomic mass is 10.3. The Morgan fingerprint density at radius 2 is 2.26 bits per heavy atom. The van der Waals surface area contributed by atoms with Gasteiger partial charge in [0, 0.05) is 26.6 Å². The maximum Gasteiger partial charge on any atom is 0.194 e. The molecular formula is C17H24IN3OS. The topological polar surface area (TPSA) is 40.8 Å². The number of rotatable bonds is 7. The molecule has 0 saturated carbocycles. The highest BCUT2D eigenvalue weighted by Gasteiger charge is 2.08. The van der Waals surface area contributed by atoms with Crippen molar-refractivity contribution in [3.05, 3.63) is 58.7 Å². The van der Waals surface area contributed by atoms with Crippen molar-refractivity contribution in [2.75, 3.05) is 20.1 Å². The summed E-state index contributed by atoms with van der Waals surface area (Å²) in [7, 11) is 2.05. The molecule has 0 bridgehead atoms. The first-order valence-corrected chi connectivity index (χ1v) is 8.26. The van der Waals surface area contributed by atoms with E-state index in [1.807, 2.05) is 19.1 Å². The average molecular weight is 445 g/mol. The highest BCUT2D eigenvalue weighted by molar-refractivity contribution is 14.0. The van der Waals surface area contributed by atoms with E-state index >= 15 is 0 Å². The summed E-state index contributed by atoms with van der Waals surface area (Å²) in [5.41, 5.74) is 2.35. The van der Waals surface area contributed by atoms with Crippen LogP contribution in [0.15, 0.2) is 56.8 Å². The minimum absolute atomic E-state index is 0. The number of nitrogens with one attached hydrogen (secondary N) is 1. The van der Waals surface area contributed by atoms with Gasteiger partial charge in [0.05, 0.1) is 12.8 Å². The van der Waals surface area contributed by atoms with Gasteiger partial charge in [-0.15, -0.1) is 24.0 Å². The Bertz CT molecular complexity index is 593. The lowest BCUT2D eigenvalue weighted by Gasteiger charge is -2.22. The fourth-order valence-corrected chi connectivity index (χ4v) is 2.66. The number of furan rings is 1. The van der Waals surface area contributed by atoms with Crippen molar-refractivity contribution in [1.29, 1.82) is 0 Å². The lowest BCUT2D eigenvalue weighted by Crippen LogP contribution is -2.39. The summed E-state index contributed by atoms with van der Waals surface area (Å²) in [5, 5.41) is 7.66. The zero-order chi connectivity index (χ0) is 15.8. The van der Waals surface area contributed by atoms with Crippen LogP contribution in [-0.4, -0.2) is 31.0 Å². The fraction of sp³-hybridized carbons (Fsp3) is 0.353. The highest BCUT2D eigenvalue weighted by atomic mass is 127. The molecule has 4 nitrogen and oxygen atoms in total. The molecule has 0 aliphatic carbocycles. The molecule has 0 radical (unpaired) electrons. The second kappa shape index (κ2) is 10.5. The molecule has 126 valence electrons. The lowest BCUT2D eigenvalue weighted by molar-refractivity contribution is 0.469. The number of nitrogens with zero attached hydrogens (tertiary/aromatic N) is 2. The monoisotopic (exact) mass is 445 g/mol. The zero-order valence-electron chi connectivity index (χ0n) is 13.6. The molecule has 0 aromatic carbocycles. The molecule has 0 aliphatic heterocycles. The van der Waals surface area contributed by atoms with E-state index in [9.17, 15) is 0 Å². The molecule has 23 heavy (non-hydrogen) atoms. The summed E-state index contributed by atoms with van der Waals surface area (Å²) in [6, 6.07) is 6.04. The second-order valence-electron chi connectivity index (χ2n) is 5.34. The minimum atomic E-state index is 0. The highest BCUT2D eigenvalue weighted by Crippen LogP contribution is 2.08. The molecule has 0 aliphatic rings. The summed E-state index contributed by atoms with van der Waals surface area (Å²) in [6.07, 6.45) is 2.54. The van der Waals surface area contributed by atoms with Gasteiger partial charge in [0.2, 0.25) is 0 Å². The van der Waals surface area contributed by atoms with E-state index in [0.29, 0.717) is 6.54 Å². The van der Waals surface area contributed by atoms with Crippen LogP contribution in [0, 0.1) is 0 Å². The van der Waals surface area contributed by atoms with Gasteiger partial charge in [-0.25, -0.2) is 4.99 Å². The smallest absolute Gasteiger partial charge is 0.194 e. The third kappa shape index (κ3) is 7.22. The Balaban J connectivity index is 0.00000264. The summed E-state index contributed by atoms with van der Waals surface area (Å²) in [6.45, 7) is 8.17. The van der Waals surface area contributed by atoms with E-state index < -0.39 is 0 Å². The van der Waals surface area contributed by atoms with Crippen molar-refractivity contribution in [2.24, 2.45) is 4.99 Å². The van der Waals surface area contributed by atoms with E-state index in [-0.39, 0.29) is 24.0 Å². The van der Waals surface area contributed by atoms with Crippen molar-refractivity contribution in [2.45, 2.75) is 19.9 Å². The van der Waals surface area contributed by atoms with Crippen LogP contribution in [0.3, 0.4) is 0 Å². The quantitative estimate of drug-likeness (QED) is 0.301. The number of halogens is 1. The standard InChI is InChI=1S/C17H23N3OS.HI/c1-14(2)11-19-17(18-8-6-16-5-4-9-21-16)20(3)12-15-7-10-22-13-15;/h4-5,7,9-10,13H,1,6,8,11-12H2,2-3H3,(H,18,19);1H. The Kier molecular flexibility index (Phi) is 9.01. The largest absolute Gasteiger partial charge is 0.469 e. The van der Waals surface area contributed by atoms with Gasteiger partial charge in [0.25, 0.3) is 0 Å². The summed E-state index contributed by atoms with van der Waals surface area (Å²) >= 11 is 1.71.